The van der Waals surface area contributed by atoms with Crippen molar-refractivity contribution in [1.82, 2.24) is 10.9 Å². The maximum Gasteiger partial charge on any atom is 0.276 e. The number of halogens is 1. The molecule has 2 aromatic carbocycles. The lowest BCUT2D eigenvalue weighted by Gasteiger charge is -2.11. The molecule has 2 aromatic rings. The summed E-state index contributed by atoms with van der Waals surface area (Å²) in [7, 11) is 0. The SMILES string of the molecule is Cc1cc(OCC(=O)NNC(=O)c2ccc(OCC(C)C)cc2)ccc1Br. The number of hydrogen-bond acceptors (Lipinski definition) is 4. The van der Waals surface area contributed by atoms with Gasteiger partial charge in [-0.15, -0.1) is 0 Å². The third kappa shape index (κ3) is 6.94. The highest BCUT2D eigenvalue weighted by Gasteiger charge is 2.09. The van der Waals surface area contributed by atoms with E-state index in [4.69, 9.17) is 9.47 Å². The highest BCUT2D eigenvalue weighted by atomic mass is 79.9. The van der Waals surface area contributed by atoms with E-state index in [1.807, 2.05) is 19.1 Å². The zero-order valence-corrected chi connectivity index (χ0v) is 17.1. The van der Waals surface area contributed by atoms with Crippen LogP contribution in [0.5, 0.6) is 11.5 Å². The first-order valence-electron chi connectivity index (χ1n) is 8.56. The quantitative estimate of drug-likeness (QED) is 0.652. The Balaban J connectivity index is 1.77. The second-order valence-corrected chi connectivity index (χ2v) is 7.29. The Labute approximate surface area is 167 Å². The zero-order valence-electron chi connectivity index (χ0n) is 15.5. The number of benzene rings is 2. The Kier molecular flexibility index (Phi) is 7.67. The molecular formula is C20H23BrN2O4. The Morgan fingerprint density at radius 3 is 2.30 bits per heavy atom. The van der Waals surface area contributed by atoms with Gasteiger partial charge in [0.2, 0.25) is 0 Å². The molecule has 0 saturated heterocycles. The van der Waals surface area contributed by atoms with Crippen molar-refractivity contribution in [2.45, 2.75) is 20.8 Å². The topological polar surface area (TPSA) is 76.7 Å². The average molecular weight is 435 g/mol. The summed E-state index contributed by atoms with van der Waals surface area (Å²) in [4.78, 5) is 23.9. The Morgan fingerprint density at radius 2 is 1.67 bits per heavy atom. The fraction of sp³-hybridized carbons (Fsp3) is 0.300. The largest absolute Gasteiger partial charge is 0.493 e. The standard InChI is InChI=1S/C20H23BrN2O4/c1-13(2)11-26-16-6-4-15(5-7-16)20(25)23-22-19(24)12-27-17-8-9-18(21)14(3)10-17/h4-10,13H,11-12H2,1-3H3,(H,22,24)(H,23,25). The van der Waals surface area contributed by atoms with E-state index in [2.05, 4.69) is 40.6 Å². The molecule has 144 valence electrons. The number of carbonyl (C=O) groups excluding carboxylic acids is 2. The maximum atomic E-state index is 12.1. The predicted octanol–water partition coefficient (Wildman–Crippen LogP) is 3.63. The van der Waals surface area contributed by atoms with Crippen molar-refractivity contribution in [1.29, 1.82) is 0 Å². The van der Waals surface area contributed by atoms with Crippen LogP contribution in [0.2, 0.25) is 0 Å². The smallest absolute Gasteiger partial charge is 0.276 e. The van der Waals surface area contributed by atoms with Crippen LogP contribution < -0.4 is 20.3 Å². The highest BCUT2D eigenvalue weighted by molar-refractivity contribution is 9.10. The number of rotatable bonds is 7. The van der Waals surface area contributed by atoms with Crippen molar-refractivity contribution in [2.75, 3.05) is 13.2 Å². The van der Waals surface area contributed by atoms with Gasteiger partial charge in [-0.3, -0.25) is 20.4 Å². The number of amides is 2. The van der Waals surface area contributed by atoms with Gasteiger partial charge < -0.3 is 9.47 Å². The Hall–Kier alpha value is -2.54. The lowest BCUT2D eigenvalue weighted by molar-refractivity contribution is -0.123. The van der Waals surface area contributed by atoms with E-state index < -0.39 is 11.8 Å². The van der Waals surface area contributed by atoms with Crippen LogP contribution in [0, 0.1) is 12.8 Å². The van der Waals surface area contributed by atoms with Crippen molar-refractivity contribution in [3.05, 3.63) is 58.1 Å². The Bertz CT molecular complexity index is 791. The van der Waals surface area contributed by atoms with Gasteiger partial charge in [-0.2, -0.15) is 0 Å². The van der Waals surface area contributed by atoms with Gasteiger partial charge in [-0.1, -0.05) is 29.8 Å². The van der Waals surface area contributed by atoms with E-state index in [0.29, 0.717) is 29.6 Å². The molecule has 27 heavy (non-hydrogen) atoms. The van der Waals surface area contributed by atoms with Gasteiger partial charge in [0.05, 0.1) is 6.61 Å². The van der Waals surface area contributed by atoms with Crippen LogP contribution in [-0.4, -0.2) is 25.0 Å². The molecule has 2 N–H and O–H groups in total. The van der Waals surface area contributed by atoms with Crippen LogP contribution in [0.25, 0.3) is 0 Å². The van der Waals surface area contributed by atoms with Crippen molar-refractivity contribution in [3.63, 3.8) is 0 Å². The van der Waals surface area contributed by atoms with Gasteiger partial charge in [0, 0.05) is 10.0 Å². The first-order valence-corrected chi connectivity index (χ1v) is 9.35. The predicted molar refractivity (Wildman–Crippen MR) is 107 cm³/mol. The minimum absolute atomic E-state index is 0.205. The summed E-state index contributed by atoms with van der Waals surface area (Å²) in [6.45, 7) is 6.46. The molecule has 0 fully saturated rings. The van der Waals surface area contributed by atoms with Gasteiger partial charge in [0.25, 0.3) is 11.8 Å². The van der Waals surface area contributed by atoms with Crippen molar-refractivity contribution < 1.29 is 19.1 Å². The first kappa shape index (κ1) is 20.8. The normalized spacial score (nSPS) is 10.4. The summed E-state index contributed by atoms with van der Waals surface area (Å²) < 4.78 is 11.9. The molecule has 0 heterocycles. The number of hydrazine groups is 1. The molecule has 6 nitrogen and oxygen atoms in total. The molecule has 0 saturated carbocycles. The molecule has 0 aliphatic rings. The van der Waals surface area contributed by atoms with Gasteiger partial charge in [-0.25, -0.2) is 0 Å². The second kappa shape index (κ2) is 9.97. The van der Waals surface area contributed by atoms with Crippen molar-refractivity contribution in [2.24, 2.45) is 5.92 Å². The number of carbonyl (C=O) groups is 2. The minimum atomic E-state index is -0.458. The summed E-state index contributed by atoms with van der Waals surface area (Å²) in [6.07, 6.45) is 0. The molecule has 0 unspecified atom stereocenters. The number of nitrogens with one attached hydrogen (secondary N) is 2. The molecule has 0 bridgehead atoms. The third-order valence-electron chi connectivity index (χ3n) is 3.51. The summed E-state index contributed by atoms with van der Waals surface area (Å²) in [5.74, 6) is 0.822. The lowest BCUT2D eigenvalue weighted by atomic mass is 10.2. The average Bonchev–Trinajstić information content (AvgIpc) is 2.65. The van der Waals surface area contributed by atoms with E-state index >= 15 is 0 Å². The van der Waals surface area contributed by atoms with Gasteiger partial charge >= 0.3 is 0 Å². The molecule has 0 aliphatic carbocycles. The van der Waals surface area contributed by atoms with Crippen LogP contribution in [0.3, 0.4) is 0 Å². The molecule has 0 aromatic heterocycles. The van der Waals surface area contributed by atoms with E-state index in [0.717, 1.165) is 10.0 Å². The molecule has 2 rings (SSSR count). The summed E-state index contributed by atoms with van der Waals surface area (Å²) in [6, 6.07) is 12.1. The van der Waals surface area contributed by atoms with E-state index in [-0.39, 0.29) is 6.61 Å². The number of hydrogen-bond donors (Lipinski definition) is 2. The molecule has 0 spiro atoms. The fourth-order valence-electron chi connectivity index (χ4n) is 2.06. The molecular weight excluding hydrogens is 412 g/mol. The van der Waals surface area contributed by atoms with E-state index in [1.165, 1.54) is 0 Å². The number of ether oxygens (including phenoxy) is 2. The van der Waals surface area contributed by atoms with Crippen molar-refractivity contribution >= 4 is 27.7 Å². The minimum Gasteiger partial charge on any atom is -0.493 e. The second-order valence-electron chi connectivity index (χ2n) is 6.43. The van der Waals surface area contributed by atoms with Gasteiger partial charge in [0.15, 0.2) is 6.61 Å². The van der Waals surface area contributed by atoms with Crippen LogP contribution >= 0.6 is 15.9 Å². The molecule has 0 radical (unpaired) electrons. The first-order chi connectivity index (χ1) is 12.8. The molecule has 0 atom stereocenters. The van der Waals surface area contributed by atoms with Crippen LogP contribution in [0.1, 0.15) is 29.8 Å². The highest BCUT2D eigenvalue weighted by Crippen LogP contribution is 2.21. The zero-order chi connectivity index (χ0) is 19.8. The maximum absolute atomic E-state index is 12.1. The Morgan fingerprint density at radius 1 is 1.00 bits per heavy atom. The van der Waals surface area contributed by atoms with Crippen molar-refractivity contribution in [3.8, 4) is 11.5 Å². The van der Waals surface area contributed by atoms with Crippen LogP contribution in [0.4, 0.5) is 0 Å². The fourth-order valence-corrected chi connectivity index (χ4v) is 2.30. The summed E-state index contributed by atoms with van der Waals surface area (Å²) >= 11 is 3.40. The van der Waals surface area contributed by atoms with E-state index in [1.54, 1.807) is 30.3 Å². The molecule has 7 heteroatoms. The lowest BCUT2D eigenvalue weighted by Crippen LogP contribution is -2.43. The monoisotopic (exact) mass is 434 g/mol. The number of aryl methyl sites for hydroxylation is 1. The van der Waals surface area contributed by atoms with Crippen LogP contribution in [0.15, 0.2) is 46.9 Å². The molecule has 2 amide bonds. The summed E-state index contributed by atoms with van der Waals surface area (Å²) in [5.41, 5.74) is 6.10. The molecule has 0 aliphatic heterocycles. The van der Waals surface area contributed by atoms with Gasteiger partial charge in [-0.05, 0) is 60.9 Å². The van der Waals surface area contributed by atoms with Gasteiger partial charge in [0.1, 0.15) is 11.5 Å². The summed E-state index contributed by atoms with van der Waals surface area (Å²) in [5, 5.41) is 0. The van der Waals surface area contributed by atoms with E-state index in [9.17, 15) is 9.59 Å². The van der Waals surface area contributed by atoms with Crippen LogP contribution in [-0.2, 0) is 4.79 Å². The third-order valence-corrected chi connectivity index (χ3v) is 4.40.